The van der Waals surface area contributed by atoms with E-state index in [1.54, 1.807) is 12.3 Å². The van der Waals surface area contributed by atoms with E-state index in [1.807, 2.05) is 12.1 Å². The summed E-state index contributed by atoms with van der Waals surface area (Å²) in [5.41, 5.74) is 0.736. The van der Waals surface area contributed by atoms with Crippen LogP contribution < -0.4 is 10.6 Å². The van der Waals surface area contributed by atoms with Crippen molar-refractivity contribution in [2.75, 3.05) is 0 Å². The highest BCUT2D eigenvalue weighted by Gasteiger charge is 2.25. The predicted molar refractivity (Wildman–Crippen MR) is 75.6 cm³/mol. The van der Waals surface area contributed by atoms with Crippen LogP contribution in [0.15, 0.2) is 24.4 Å². The molecule has 5 heteroatoms. The lowest BCUT2D eigenvalue weighted by Crippen LogP contribution is -2.47. The highest BCUT2D eigenvalue weighted by atomic mass is 16.2. The standard InChI is InChI=1S/C15H21N3O2/c1-11-6-2-3-8-13(11)18-15(20)14(19)17-10-12-7-4-5-9-16-12/h4-5,7,9,11,13H,2-3,6,8,10H2,1H3,(H,17,19)(H,18,20)/t11-,13+/m0/s1. The molecule has 108 valence electrons. The SMILES string of the molecule is C[C@H]1CCCC[C@H]1NC(=O)C(=O)NCc1ccccn1. The molecule has 1 aromatic heterocycles. The van der Waals surface area contributed by atoms with Crippen molar-refractivity contribution < 1.29 is 9.59 Å². The van der Waals surface area contributed by atoms with Crippen LogP contribution in [0.25, 0.3) is 0 Å². The lowest BCUT2D eigenvalue weighted by molar-refractivity contribution is -0.140. The molecule has 0 aromatic carbocycles. The minimum Gasteiger partial charge on any atom is -0.345 e. The average Bonchev–Trinajstić information content (AvgIpc) is 2.48. The van der Waals surface area contributed by atoms with E-state index in [0.717, 1.165) is 25.0 Å². The molecule has 1 aliphatic rings. The van der Waals surface area contributed by atoms with Gasteiger partial charge in [-0.2, -0.15) is 0 Å². The molecule has 2 atom stereocenters. The molecule has 0 unspecified atom stereocenters. The van der Waals surface area contributed by atoms with E-state index in [9.17, 15) is 9.59 Å². The third kappa shape index (κ3) is 4.05. The van der Waals surface area contributed by atoms with Gasteiger partial charge in [-0.05, 0) is 30.9 Å². The normalized spacial score (nSPS) is 22.1. The van der Waals surface area contributed by atoms with Gasteiger partial charge in [0.25, 0.3) is 0 Å². The summed E-state index contributed by atoms with van der Waals surface area (Å²) in [6, 6.07) is 5.58. The summed E-state index contributed by atoms with van der Waals surface area (Å²) in [4.78, 5) is 27.7. The van der Waals surface area contributed by atoms with E-state index in [-0.39, 0.29) is 12.6 Å². The number of rotatable bonds is 3. The summed E-state index contributed by atoms with van der Waals surface area (Å²) in [6.07, 6.45) is 6.05. The van der Waals surface area contributed by atoms with Gasteiger partial charge in [-0.25, -0.2) is 0 Å². The van der Waals surface area contributed by atoms with Gasteiger partial charge in [-0.3, -0.25) is 14.6 Å². The summed E-state index contributed by atoms with van der Waals surface area (Å²) < 4.78 is 0. The molecule has 1 aliphatic carbocycles. The van der Waals surface area contributed by atoms with Crippen molar-refractivity contribution in [3.05, 3.63) is 30.1 Å². The highest BCUT2D eigenvalue weighted by Crippen LogP contribution is 2.23. The van der Waals surface area contributed by atoms with Crippen LogP contribution in [-0.4, -0.2) is 22.8 Å². The van der Waals surface area contributed by atoms with Gasteiger partial charge in [-0.15, -0.1) is 0 Å². The Hall–Kier alpha value is -1.91. The van der Waals surface area contributed by atoms with Crippen molar-refractivity contribution in [3.63, 3.8) is 0 Å². The van der Waals surface area contributed by atoms with Crippen LogP contribution in [0.5, 0.6) is 0 Å². The number of amides is 2. The van der Waals surface area contributed by atoms with Crippen LogP contribution in [0.4, 0.5) is 0 Å². The minimum absolute atomic E-state index is 0.122. The second-order valence-corrected chi connectivity index (χ2v) is 5.35. The van der Waals surface area contributed by atoms with Crippen molar-refractivity contribution in [2.24, 2.45) is 5.92 Å². The molecule has 1 saturated carbocycles. The van der Waals surface area contributed by atoms with Gasteiger partial charge < -0.3 is 10.6 Å². The Kier molecular flexibility index (Phi) is 5.09. The van der Waals surface area contributed by atoms with Crippen LogP contribution in [0.2, 0.25) is 0 Å². The number of carbonyl (C=O) groups is 2. The molecule has 1 aromatic rings. The first-order chi connectivity index (χ1) is 9.66. The topological polar surface area (TPSA) is 71.1 Å². The molecular formula is C15H21N3O2. The molecule has 5 nitrogen and oxygen atoms in total. The van der Waals surface area contributed by atoms with E-state index in [2.05, 4.69) is 22.5 Å². The van der Waals surface area contributed by atoms with Gasteiger partial charge in [0, 0.05) is 12.2 Å². The van der Waals surface area contributed by atoms with Crippen molar-refractivity contribution in [3.8, 4) is 0 Å². The third-order valence-corrected chi connectivity index (χ3v) is 3.79. The zero-order valence-corrected chi connectivity index (χ0v) is 11.8. The molecule has 2 amide bonds. The number of nitrogens with zero attached hydrogens (tertiary/aromatic N) is 1. The molecule has 0 saturated heterocycles. The number of nitrogens with one attached hydrogen (secondary N) is 2. The average molecular weight is 275 g/mol. The van der Waals surface area contributed by atoms with E-state index in [0.29, 0.717) is 5.92 Å². The number of carbonyl (C=O) groups excluding carboxylic acids is 2. The predicted octanol–water partition coefficient (Wildman–Crippen LogP) is 1.39. The monoisotopic (exact) mass is 275 g/mol. The Morgan fingerprint density at radius 2 is 2.05 bits per heavy atom. The number of pyridine rings is 1. The van der Waals surface area contributed by atoms with E-state index in [1.165, 1.54) is 6.42 Å². The second-order valence-electron chi connectivity index (χ2n) is 5.35. The fourth-order valence-electron chi connectivity index (χ4n) is 2.52. The molecule has 20 heavy (non-hydrogen) atoms. The number of hydrogen-bond donors (Lipinski definition) is 2. The smallest absolute Gasteiger partial charge is 0.309 e. The fraction of sp³-hybridized carbons (Fsp3) is 0.533. The first-order valence-corrected chi connectivity index (χ1v) is 7.15. The van der Waals surface area contributed by atoms with Crippen LogP contribution in [0, 0.1) is 5.92 Å². The molecule has 2 rings (SSSR count). The summed E-state index contributed by atoms with van der Waals surface area (Å²) in [5.74, 6) is -0.690. The van der Waals surface area contributed by atoms with Gasteiger partial charge in [0.15, 0.2) is 0 Å². The quantitative estimate of drug-likeness (QED) is 0.819. The van der Waals surface area contributed by atoms with Gasteiger partial charge in [-0.1, -0.05) is 25.8 Å². The molecule has 0 bridgehead atoms. The lowest BCUT2D eigenvalue weighted by Gasteiger charge is -2.29. The zero-order chi connectivity index (χ0) is 14.4. The summed E-state index contributed by atoms with van der Waals surface area (Å²) in [7, 11) is 0. The Balaban J connectivity index is 1.78. The molecule has 0 radical (unpaired) electrons. The van der Waals surface area contributed by atoms with E-state index >= 15 is 0 Å². The van der Waals surface area contributed by atoms with Crippen molar-refractivity contribution in [1.29, 1.82) is 0 Å². The van der Waals surface area contributed by atoms with Crippen LogP contribution in [0.3, 0.4) is 0 Å². The molecule has 0 spiro atoms. The van der Waals surface area contributed by atoms with Crippen LogP contribution in [-0.2, 0) is 16.1 Å². The number of hydrogen-bond acceptors (Lipinski definition) is 3. The Labute approximate surface area is 119 Å². The Morgan fingerprint density at radius 1 is 1.25 bits per heavy atom. The van der Waals surface area contributed by atoms with Crippen LogP contribution >= 0.6 is 0 Å². The Bertz CT molecular complexity index is 461. The largest absolute Gasteiger partial charge is 0.345 e. The van der Waals surface area contributed by atoms with Gasteiger partial charge in [0.1, 0.15) is 0 Å². The first-order valence-electron chi connectivity index (χ1n) is 7.15. The first kappa shape index (κ1) is 14.5. The minimum atomic E-state index is -0.589. The van der Waals surface area contributed by atoms with Crippen LogP contribution in [0.1, 0.15) is 38.3 Å². The summed E-state index contributed by atoms with van der Waals surface area (Å²) >= 11 is 0. The van der Waals surface area contributed by atoms with Crippen molar-refractivity contribution in [2.45, 2.75) is 45.2 Å². The maximum atomic E-state index is 11.8. The molecule has 1 heterocycles. The van der Waals surface area contributed by atoms with Gasteiger partial charge in [0.2, 0.25) is 0 Å². The van der Waals surface area contributed by atoms with E-state index in [4.69, 9.17) is 0 Å². The maximum Gasteiger partial charge on any atom is 0.309 e. The zero-order valence-electron chi connectivity index (χ0n) is 11.8. The van der Waals surface area contributed by atoms with Gasteiger partial charge in [0.05, 0.1) is 12.2 Å². The molecule has 0 aliphatic heterocycles. The maximum absolute atomic E-state index is 11.8. The molecule has 1 fully saturated rings. The van der Waals surface area contributed by atoms with E-state index < -0.39 is 11.8 Å². The molecular weight excluding hydrogens is 254 g/mol. The van der Waals surface area contributed by atoms with Crippen molar-refractivity contribution in [1.82, 2.24) is 15.6 Å². The Morgan fingerprint density at radius 3 is 2.75 bits per heavy atom. The highest BCUT2D eigenvalue weighted by molar-refractivity contribution is 6.35. The second kappa shape index (κ2) is 7.03. The lowest BCUT2D eigenvalue weighted by atomic mass is 9.86. The molecule has 2 N–H and O–H groups in total. The van der Waals surface area contributed by atoms with Crippen molar-refractivity contribution >= 4 is 11.8 Å². The fourth-order valence-corrected chi connectivity index (χ4v) is 2.52. The third-order valence-electron chi connectivity index (χ3n) is 3.79. The summed E-state index contributed by atoms with van der Waals surface area (Å²) in [6.45, 7) is 2.39. The number of aromatic nitrogens is 1. The summed E-state index contributed by atoms with van der Waals surface area (Å²) in [5, 5.41) is 5.42. The van der Waals surface area contributed by atoms with Gasteiger partial charge >= 0.3 is 11.8 Å².